The zero-order valence-corrected chi connectivity index (χ0v) is 20.3. The number of anilines is 1. The number of halogens is 2. The lowest BCUT2D eigenvalue weighted by molar-refractivity contribution is 0.0694. The lowest BCUT2D eigenvalue weighted by Crippen LogP contribution is -2.52. The van der Waals surface area contributed by atoms with E-state index in [1.807, 2.05) is 16.7 Å². The van der Waals surface area contributed by atoms with Gasteiger partial charge in [0.05, 0.1) is 11.2 Å². The summed E-state index contributed by atoms with van der Waals surface area (Å²) in [6.07, 6.45) is 1.29. The van der Waals surface area contributed by atoms with Gasteiger partial charge < -0.3 is 19.5 Å². The van der Waals surface area contributed by atoms with Crippen molar-refractivity contribution in [3.63, 3.8) is 0 Å². The fraction of sp³-hybridized carbons (Fsp3) is 0.250. The number of carboxylic acids is 1. The second kappa shape index (κ2) is 10.0. The number of aromatic carboxylic acids is 1. The Morgan fingerprint density at radius 2 is 1.80 bits per heavy atom. The Morgan fingerprint density at radius 1 is 1.14 bits per heavy atom. The van der Waals surface area contributed by atoms with Crippen molar-refractivity contribution in [2.45, 2.75) is 13.5 Å². The minimum absolute atomic E-state index is 0.0257. The van der Waals surface area contributed by atoms with Gasteiger partial charge in [-0.05, 0) is 55.5 Å². The van der Waals surface area contributed by atoms with Crippen LogP contribution in [0.4, 0.5) is 10.1 Å². The first kappa shape index (κ1) is 24.6. The zero-order valence-electron chi connectivity index (χ0n) is 18.8. The van der Waals surface area contributed by atoms with Gasteiger partial charge in [-0.1, -0.05) is 11.6 Å². The van der Waals surface area contributed by atoms with E-state index in [2.05, 4.69) is 5.32 Å². The minimum Gasteiger partial charge on any atom is -0.477 e. The lowest BCUT2D eigenvalue weighted by Gasteiger charge is -2.37. The maximum atomic E-state index is 15.1. The van der Waals surface area contributed by atoms with E-state index in [-0.39, 0.29) is 16.4 Å². The highest BCUT2D eigenvalue weighted by atomic mass is 35.5. The number of carbonyl (C=O) groups excluding carboxylic acids is 1. The van der Waals surface area contributed by atoms with Crippen molar-refractivity contribution < 1.29 is 19.1 Å². The first-order valence-electron chi connectivity index (χ1n) is 10.9. The summed E-state index contributed by atoms with van der Waals surface area (Å²) in [5.74, 6) is -2.29. The summed E-state index contributed by atoms with van der Waals surface area (Å²) in [5, 5.41) is 12.9. The van der Waals surface area contributed by atoms with Crippen LogP contribution >= 0.6 is 23.8 Å². The van der Waals surface area contributed by atoms with Gasteiger partial charge in [0.1, 0.15) is 11.4 Å². The average molecular weight is 517 g/mol. The van der Waals surface area contributed by atoms with E-state index < -0.39 is 22.8 Å². The third-order valence-electron chi connectivity index (χ3n) is 5.95. The smallest absolute Gasteiger partial charge is 0.341 e. The number of aromatic nitrogens is 1. The highest BCUT2D eigenvalue weighted by Gasteiger charge is 2.24. The largest absolute Gasteiger partial charge is 0.477 e. The number of piperazine rings is 1. The van der Waals surface area contributed by atoms with Crippen LogP contribution in [-0.4, -0.2) is 57.7 Å². The van der Waals surface area contributed by atoms with Crippen LogP contribution in [0.15, 0.2) is 47.4 Å². The third-order valence-corrected chi connectivity index (χ3v) is 6.57. The third kappa shape index (κ3) is 4.98. The van der Waals surface area contributed by atoms with Crippen LogP contribution in [0.3, 0.4) is 0 Å². The standard InChI is InChI=1S/C24H22ClFN4O4S/c1-2-28-13-17(23(33)34)21(31)16-11-18(26)20(12-19(16)28)29-7-9-30(10-8-29)24(35)27-22(32)14-3-5-15(25)6-4-14/h3-6,11-13H,2,7-10H2,1H3,(H,33,34)(H,27,32,35). The number of hydrogen-bond acceptors (Lipinski definition) is 5. The van der Waals surface area contributed by atoms with Crippen molar-refractivity contribution >= 4 is 57.4 Å². The molecule has 0 atom stereocenters. The van der Waals surface area contributed by atoms with Crippen LogP contribution in [0, 0.1) is 5.82 Å². The Bertz CT molecular complexity index is 1390. The van der Waals surface area contributed by atoms with Gasteiger partial charge in [0.25, 0.3) is 5.91 Å². The SMILES string of the molecule is CCn1cc(C(=O)O)c(=O)c2cc(F)c(N3CCN(C(=S)NC(=O)c4ccc(Cl)cc4)CC3)cc21. The minimum atomic E-state index is -1.35. The Kier molecular flexibility index (Phi) is 7.04. The second-order valence-electron chi connectivity index (χ2n) is 8.02. The molecule has 2 heterocycles. The van der Waals surface area contributed by atoms with E-state index in [1.165, 1.54) is 6.20 Å². The molecular weight excluding hydrogens is 495 g/mol. The molecule has 4 rings (SSSR count). The van der Waals surface area contributed by atoms with E-state index in [0.29, 0.717) is 54.5 Å². The molecule has 0 unspecified atom stereocenters. The Hall–Kier alpha value is -3.50. The number of fused-ring (bicyclic) bond motifs is 1. The molecule has 1 aromatic heterocycles. The normalized spacial score (nSPS) is 13.7. The molecule has 0 aliphatic carbocycles. The highest BCUT2D eigenvalue weighted by Crippen LogP contribution is 2.26. The van der Waals surface area contributed by atoms with E-state index in [4.69, 9.17) is 23.8 Å². The molecule has 1 fully saturated rings. The van der Waals surface area contributed by atoms with Crippen molar-refractivity contribution in [1.29, 1.82) is 0 Å². The van der Waals surface area contributed by atoms with E-state index in [0.717, 1.165) is 6.07 Å². The molecule has 1 amide bonds. The monoisotopic (exact) mass is 516 g/mol. The number of carbonyl (C=O) groups is 2. The van der Waals surface area contributed by atoms with Crippen LogP contribution in [0.5, 0.6) is 0 Å². The summed E-state index contributed by atoms with van der Waals surface area (Å²) < 4.78 is 16.7. The molecule has 0 radical (unpaired) electrons. The number of aryl methyl sites for hydroxylation is 1. The number of carboxylic acid groups (broad SMARTS) is 1. The van der Waals surface area contributed by atoms with Gasteiger partial charge in [-0.25, -0.2) is 9.18 Å². The molecule has 2 N–H and O–H groups in total. The van der Waals surface area contributed by atoms with Crippen LogP contribution in [0.2, 0.25) is 5.02 Å². The average Bonchev–Trinajstić information content (AvgIpc) is 2.84. The van der Waals surface area contributed by atoms with E-state index in [1.54, 1.807) is 34.9 Å². The summed E-state index contributed by atoms with van der Waals surface area (Å²) in [6.45, 7) is 4.01. The Labute approximate surface area is 210 Å². The van der Waals surface area contributed by atoms with Crippen LogP contribution in [0.25, 0.3) is 10.9 Å². The van der Waals surface area contributed by atoms with Gasteiger partial charge in [-0.2, -0.15) is 0 Å². The molecule has 11 heteroatoms. The fourth-order valence-electron chi connectivity index (χ4n) is 4.06. The first-order valence-corrected chi connectivity index (χ1v) is 11.7. The van der Waals surface area contributed by atoms with Gasteiger partial charge in [-0.15, -0.1) is 0 Å². The van der Waals surface area contributed by atoms with Crippen LogP contribution in [-0.2, 0) is 6.54 Å². The number of hydrogen-bond donors (Lipinski definition) is 2. The van der Waals surface area contributed by atoms with Gasteiger partial charge >= 0.3 is 5.97 Å². The molecule has 0 bridgehead atoms. The van der Waals surface area contributed by atoms with E-state index in [9.17, 15) is 19.5 Å². The fourth-order valence-corrected chi connectivity index (χ4v) is 4.46. The zero-order chi connectivity index (χ0) is 25.3. The summed E-state index contributed by atoms with van der Waals surface area (Å²) in [4.78, 5) is 40.1. The maximum absolute atomic E-state index is 15.1. The van der Waals surface area contributed by atoms with E-state index >= 15 is 4.39 Å². The summed E-state index contributed by atoms with van der Waals surface area (Å²) >= 11 is 11.2. The quantitative estimate of drug-likeness (QED) is 0.513. The number of nitrogens with one attached hydrogen (secondary N) is 1. The van der Waals surface area contributed by atoms with Crippen molar-refractivity contribution in [3.05, 3.63) is 74.8 Å². The van der Waals surface area contributed by atoms with Gasteiger partial charge in [0.2, 0.25) is 5.43 Å². The maximum Gasteiger partial charge on any atom is 0.341 e. The number of thiocarbonyl (C=S) groups is 1. The predicted molar refractivity (Wildman–Crippen MR) is 136 cm³/mol. The molecule has 1 aliphatic heterocycles. The van der Waals surface area contributed by atoms with Crippen molar-refractivity contribution in [2.75, 3.05) is 31.1 Å². The van der Waals surface area contributed by atoms with Crippen molar-refractivity contribution in [3.8, 4) is 0 Å². The molecular formula is C24H22ClFN4O4S. The molecule has 0 saturated carbocycles. The topological polar surface area (TPSA) is 94.9 Å². The molecule has 3 aromatic rings. The van der Waals surface area contributed by atoms with Crippen molar-refractivity contribution in [2.24, 2.45) is 0 Å². The van der Waals surface area contributed by atoms with Gasteiger partial charge in [0.15, 0.2) is 5.11 Å². The highest BCUT2D eigenvalue weighted by molar-refractivity contribution is 7.80. The summed E-state index contributed by atoms with van der Waals surface area (Å²) in [5.41, 5.74) is 0.107. The molecule has 1 saturated heterocycles. The predicted octanol–water partition coefficient (Wildman–Crippen LogP) is 3.35. The number of nitrogens with zero attached hydrogens (tertiary/aromatic N) is 3. The number of benzene rings is 2. The molecule has 8 nitrogen and oxygen atoms in total. The molecule has 0 spiro atoms. The Morgan fingerprint density at radius 3 is 2.40 bits per heavy atom. The molecule has 35 heavy (non-hydrogen) atoms. The van der Waals surface area contributed by atoms with Gasteiger partial charge in [0, 0.05) is 54.9 Å². The molecule has 182 valence electrons. The molecule has 2 aromatic carbocycles. The number of pyridine rings is 1. The summed E-state index contributed by atoms with van der Waals surface area (Å²) in [7, 11) is 0. The van der Waals surface area contributed by atoms with Crippen LogP contribution < -0.4 is 15.6 Å². The van der Waals surface area contributed by atoms with Gasteiger partial charge in [-0.3, -0.25) is 14.9 Å². The van der Waals surface area contributed by atoms with Crippen LogP contribution in [0.1, 0.15) is 27.6 Å². The number of rotatable bonds is 4. The Balaban J connectivity index is 1.50. The second-order valence-corrected chi connectivity index (χ2v) is 8.85. The first-order chi connectivity index (χ1) is 16.7. The lowest BCUT2D eigenvalue weighted by atomic mass is 10.1. The molecule has 1 aliphatic rings. The van der Waals surface area contributed by atoms with Crippen molar-refractivity contribution in [1.82, 2.24) is 14.8 Å². The number of amides is 1. The summed E-state index contributed by atoms with van der Waals surface area (Å²) in [6, 6.07) is 9.15.